The number of rotatable bonds is 4. The van der Waals surface area contributed by atoms with E-state index in [0.717, 1.165) is 6.07 Å². The molecule has 6 heteroatoms. The molecule has 0 aliphatic rings. The molecule has 100 valence electrons. The van der Waals surface area contributed by atoms with Gasteiger partial charge < -0.3 is 4.74 Å². The van der Waals surface area contributed by atoms with E-state index in [9.17, 15) is 12.8 Å². The van der Waals surface area contributed by atoms with Crippen molar-refractivity contribution in [1.82, 2.24) is 0 Å². The highest BCUT2D eigenvalue weighted by molar-refractivity contribution is 7.92. The van der Waals surface area contributed by atoms with Crippen LogP contribution >= 0.6 is 0 Å². The number of nitrogens with one attached hydrogen (secondary N) is 1. The Morgan fingerprint density at radius 1 is 1.11 bits per heavy atom. The van der Waals surface area contributed by atoms with E-state index in [2.05, 4.69) is 4.72 Å². The third-order valence-electron chi connectivity index (χ3n) is 2.47. The lowest BCUT2D eigenvalue weighted by Gasteiger charge is -2.10. The summed E-state index contributed by atoms with van der Waals surface area (Å²) in [6.45, 7) is 0. The number of ether oxygens (including phenoxy) is 1. The first-order valence-electron chi connectivity index (χ1n) is 5.44. The number of sulfonamides is 1. The second-order valence-electron chi connectivity index (χ2n) is 3.76. The molecule has 2 aromatic carbocycles. The zero-order valence-corrected chi connectivity index (χ0v) is 10.9. The third kappa shape index (κ3) is 3.03. The van der Waals surface area contributed by atoms with Crippen LogP contribution in [0.1, 0.15) is 0 Å². The van der Waals surface area contributed by atoms with Crippen molar-refractivity contribution < 1.29 is 17.5 Å². The Kier molecular flexibility index (Phi) is 3.71. The Hall–Kier alpha value is -2.08. The normalized spacial score (nSPS) is 11.1. The first-order chi connectivity index (χ1) is 9.03. The maximum Gasteiger partial charge on any atom is 0.261 e. The van der Waals surface area contributed by atoms with E-state index in [1.54, 1.807) is 18.2 Å². The van der Waals surface area contributed by atoms with E-state index in [1.165, 1.54) is 31.4 Å². The Morgan fingerprint density at radius 2 is 1.79 bits per heavy atom. The highest BCUT2D eigenvalue weighted by Crippen LogP contribution is 2.23. The maximum atomic E-state index is 13.6. The molecule has 0 bridgehead atoms. The summed E-state index contributed by atoms with van der Waals surface area (Å²) >= 11 is 0. The van der Waals surface area contributed by atoms with Crippen LogP contribution in [0.3, 0.4) is 0 Å². The number of benzene rings is 2. The first kappa shape index (κ1) is 13.4. The lowest BCUT2D eigenvalue weighted by Crippen LogP contribution is -2.13. The SMILES string of the molecule is COc1ccc(F)c(NS(=O)(=O)c2ccccc2)c1. The molecule has 0 saturated carbocycles. The second-order valence-corrected chi connectivity index (χ2v) is 5.45. The number of halogens is 1. The molecule has 2 rings (SSSR count). The van der Waals surface area contributed by atoms with E-state index in [-0.39, 0.29) is 10.6 Å². The predicted molar refractivity (Wildman–Crippen MR) is 70.2 cm³/mol. The number of hydrogen-bond acceptors (Lipinski definition) is 3. The van der Waals surface area contributed by atoms with E-state index in [0.29, 0.717) is 5.75 Å². The Morgan fingerprint density at radius 3 is 2.42 bits per heavy atom. The molecular weight excluding hydrogens is 269 g/mol. The van der Waals surface area contributed by atoms with Gasteiger partial charge in [-0.15, -0.1) is 0 Å². The molecule has 0 radical (unpaired) electrons. The van der Waals surface area contributed by atoms with Gasteiger partial charge in [-0.2, -0.15) is 0 Å². The van der Waals surface area contributed by atoms with Crippen LogP contribution in [-0.4, -0.2) is 15.5 Å². The average Bonchev–Trinajstić information content (AvgIpc) is 2.42. The number of anilines is 1. The summed E-state index contributed by atoms with van der Waals surface area (Å²) in [5.41, 5.74) is -0.150. The summed E-state index contributed by atoms with van der Waals surface area (Å²) in [7, 11) is -2.39. The van der Waals surface area contributed by atoms with Gasteiger partial charge in [-0.05, 0) is 24.3 Å². The van der Waals surface area contributed by atoms with Gasteiger partial charge in [0, 0.05) is 6.07 Å². The van der Waals surface area contributed by atoms with Gasteiger partial charge in [-0.25, -0.2) is 12.8 Å². The van der Waals surface area contributed by atoms with E-state index < -0.39 is 15.8 Å². The zero-order valence-electron chi connectivity index (χ0n) is 10.1. The summed E-state index contributed by atoms with van der Waals surface area (Å²) in [4.78, 5) is 0.0669. The van der Waals surface area contributed by atoms with Gasteiger partial charge in [0.05, 0.1) is 17.7 Å². The molecule has 0 aliphatic carbocycles. The molecule has 0 amide bonds. The fourth-order valence-electron chi connectivity index (χ4n) is 1.51. The molecule has 0 aliphatic heterocycles. The van der Waals surface area contributed by atoms with Gasteiger partial charge in [0.15, 0.2) is 0 Å². The van der Waals surface area contributed by atoms with Gasteiger partial charge in [-0.1, -0.05) is 18.2 Å². The minimum Gasteiger partial charge on any atom is -0.497 e. The molecule has 0 aromatic heterocycles. The molecule has 0 spiro atoms. The molecule has 0 atom stereocenters. The topological polar surface area (TPSA) is 55.4 Å². The Balaban J connectivity index is 2.36. The van der Waals surface area contributed by atoms with Crippen molar-refractivity contribution in [3.05, 3.63) is 54.3 Å². The minimum absolute atomic E-state index is 0.0669. The largest absolute Gasteiger partial charge is 0.497 e. The van der Waals surface area contributed by atoms with Crippen molar-refractivity contribution in [2.75, 3.05) is 11.8 Å². The van der Waals surface area contributed by atoms with Gasteiger partial charge in [-0.3, -0.25) is 4.72 Å². The lowest BCUT2D eigenvalue weighted by atomic mass is 10.3. The van der Waals surface area contributed by atoms with Crippen molar-refractivity contribution in [3.8, 4) is 5.75 Å². The van der Waals surface area contributed by atoms with Crippen LogP contribution in [0, 0.1) is 5.82 Å². The summed E-state index contributed by atoms with van der Waals surface area (Å²) in [5.74, 6) is -0.299. The third-order valence-corrected chi connectivity index (χ3v) is 3.85. The van der Waals surface area contributed by atoms with Gasteiger partial charge in [0.1, 0.15) is 11.6 Å². The fourth-order valence-corrected chi connectivity index (χ4v) is 2.59. The van der Waals surface area contributed by atoms with Gasteiger partial charge >= 0.3 is 0 Å². The summed E-state index contributed by atoms with van der Waals surface area (Å²) in [6.07, 6.45) is 0. The molecule has 0 unspecified atom stereocenters. The van der Waals surface area contributed by atoms with E-state index >= 15 is 0 Å². The molecule has 0 fully saturated rings. The fraction of sp³-hybridized carbons (Fsp3) is 0.0769. The second kappa shape index (κ2) is 5.27. The van der Waals surface area contributed by atoms with Crippen molar-refractivity contribution >= 4 is 15.7 Å². The average molecular weight is 281 g/mol. The van der Waals surface area contributed by atoms with Crippen LogP contribution in [-0.2, 0) is 10.0 Å². The monoisotopic (exact) mass is 281 g/mol. The van der Waals surface area contributed by atoms with Crippen LogP contribution in [0.4, 0.5) is 10.1 Å². The van der Waals surface area contributed by atoms with E-state index in [4.69, 9.17) is 4.74 Å². The molecule has 0 heterocycles. The Bertz CT molecular complexity index is 672. The van der Waals surface area contributed by atoms with Crippen molar-refractivity contribution in [3.63, 3.8) is 0 Å². The van der Waals surface area contributed by atoms with E-state index in [1.807, 2.05) is 0 Å². The van der Waals surface area contributed by atoms with Crippen LogP contribution in [0.5, 0.6) is 5.75 Å². The van der Waals surface area contributed by atoms with Crippen LogP contribution in [0.15, 0.2) is 53.4 Å². The summed E-state index contributed by atoms with van der Waals surface area (Å²) in [5, 5.41) is 0. The summed E-state index contributed by atoms with van der Waals surface area (Å²) < 4.78 is 44.8. The highest BCUT2D eigenvalue weighted by Gasteiger charge is 2.16. The molecule has 2 aromatic rings. The smallest absolute Gasteiger partial charge is 0.261 e. The first-order valence-corrected chi connectivity index (χ1v) is 6.92. The van der Waals surface area contributed by atoms with Crippen molar-refractivity contribution in [2.45, 2.75) is 4.90 Å². The van der Waals surface area contributed by atoms with Gasteiger partial charge in [0.25, 0.3) is 10.0 Å². The van der Waals surface area contributed by atoms with Gasteiger partial charge in [0.2, 0.25) is 0 Å². The quantitative estimate of drug-likeness (QED) is 0.937. The number of hydrogen-bond donors (Lipinski definition) is 1. The predicted octanol–water partition coefficient (Wildman–Crippen LogP) is 2.64. The molecule has 1 N–H and O–H groups in total. The highest BCUT2D eigenvalue weighted by atomic mass is 32.2. The molecular formula is C13H12FNO3S. The lowest BCUT2D eigenvalue weighted by molar-refractivity contribution is 0.414. The Labute approximate surface area is 110 Å². The van der Waals surface area contributed by atoms with Crippen LogP contribution in [0.25, 0.3) is 0 Å². The van der Waals surface area contributed by atoms with Crippen molar-refractivity contribution in [2.24, 2.45) is 0 Å². The van der Waals surface area contributed by atoms with Crippen molar-refractivity contribution in [1.29, 1.82) is 0 Å². The standard InChI is InChI=1S/C13H12FNO3S/c1-18-10-7-8-12(14)13(9-10)15-19(16,17)11-5-3-2-4-6-11/h2-9,15H,1H3. The maximum absolute atomic E-state index is 13.6. The zero-order chi connectivity index (χ0) is 13.9. The van der Waals surface area contributed by atoms with Crippen LogP contribution < -0.4 is 9.46 Å². The molecule has 4 nitrogen and oxygen atoms in total. The molecule has 0 saturated heterocycles. The number of methoxy groups -OCH3 is 1. The van der Waals surface area contributed by atoms with Crippen LogP contribution in [0.2, 0.25) is 0 Å². The minimum atomic E-state index is -3.81. The summed E-state index contributed by atoms with van der Waals surface area (Å²) in [6, 6.07) is 11.6. The molecule has 19 heavy (non-hydrogen) atoms.